The molecule has 1 N–H and O–H groups in total. The molecule has 4 heteroatoms. The van der Waals surface area contributed by atoms with Crippen LogP contribution in [0.3, 0.4) is 0 Å². The van der Waals surface area contributed by atoms with Gasteiger partial charge in [0.25, 0.3) is 0 Å². The van der Waals surface area contributed by atoms with Crippen molar-refractivity contribution >= 4 is 43.2 Å². The number of aliphatic hydroxyl groups excluding tert-OH is 1. The van der Waals surface area contributed by atoms with Crippen molar-refractivity contribution in [2.24, 2.45) is 17.8 Å². The third kappa shape index (κ3) is 2.51. The quantitative estimate of drug-likeness (QED) is 0.771. The topological polar surface area (TPSA) is 20.2 Å². The summed E-state index contributed by atoms with van der Waals surface area (Å²) in [5.74, 6) is 2.62. The van der Waals surface area contributed by atoms with Crippen molar-refractivity contribution in [1.82, 2.24) is 0 Å². The molecule has 3 rings (SSSR count). The van der Waals surface area contributed by atoms with Crippen molar-refractivity contribution in [2.45, 2.75) is 38.2 Å². The Morgan fingerprint density at radius 2 is 2.18 bits per heavy atom. The van der Waals surface area contributed by atoms with E-state index in [-0.39, 0.29) is 6.10 Å². The molecule has 2 aliphatic rings. The summed E-state index contributed by atoms with van der Waals surface area (Å²) in [7, 11) is 0. The van der Waals surface area contributed by atoms with Crippen LogP contribution in [0, 0.1) is 17.8 Å². The van der Waals surface area contributed by atoms with Gasteiger partial charge >= 0.3 is 0 Å². The molecule has 1 aromatic heterocycles. The van der Waals surface area contributed by atoms with Gasteiger partial charge in [0.15, 0.2) is 0 Å². The maximum absolute atomic E-state index is 10.4. The molecule has 0 aliphatic heterocycles. The van der Waals surface area contributed by atoms with E-state index < -0.39 is 0 Å². The fourth-order valence-corrected chi connectivity index (χ4v) is 6.61. The Kier molecular flexibility index (Phi) is 3.68. The highest BCUT2D eigenvalue weighted by molar-refractivity contribution is 9.12. The molecule has 1 nitrogen and oxygen atoms in total. The predicted molar refractivity (Wildman–Crippen MR) is 78.2 cm³/mol. The maximum atomic E-state index is 10.4. The number of thiophene rings is 1. The summed E-state index contributed by atoms with van der Waals surface area (Å²) in [6.07, 6.45) is 6.26. The minimum atomic E-state index is -0.295. The molecule has 1 heterocycles. The van der Waals surface area contributed by atoms with Crippen LogP contribution < -0.4 is 0 Å². The first-order valence-corrected chi connectivity index (χ1v) is 8.66. The lowest BCUT2D eigenvalue weighted by atomic mass is 9.84. The van der Waals surface area contributed by atoms with E-state index in [0.717, 1.165) is 37.3 Å². The molecular formula is C13H16Br2OS. The van der Waals surface area contributed by atoms with Gasteiger partial charge in [-0.1, -0.05) is 6.42 Å². The number of halogens is 2. The summed E-state index contributed by atoms with van der Waals surface area (Å²) < 4.78 is 2.16. The van der Waals surface area contributed by atoms with Gasteiger partial charge in [0.1, 0.15) is 0 Å². The lowest BCUT2D eigenvalue weighted by molar-refractivity contribution is 0.125. The fourth-order valence-electron chi connectivity index (χ4n) is 3.66. The van der Waals surface area contributed by atoms with Crippen LogP contribution in [0.15, 0.2) is 13.6 Å². The second kappa shape index (κ2) is 4.95. The Morgan fingerprint density at radius 1 is 1.35 bits per heavy atom. The van der Waals surface area contributed by atoms with Gasteiger partial charge in [-0.15, -0.1) is 11.3 Å². The minimum absolute atomic E-state index is 0.295. The zero-order valence-corrected chi connectivity index (χ0v) is 13.5. The molecule has 2 aliphatic carbocycles. The molecule has 1 aromatic rings. The standard InChI is InChI=1S/C13H16Br2OS/c14-12-6-10(13(15)17-12)11(16)5-9-4-7-1-2-8(9)3-7/h6-9,11,16H,1-5H2. The van der Waals surface area contributed by atoms with Crippen molar-refractivity contribution < 1.29 is 5.11 Å². The summed E-state index contributed by atoms with van der Waals surface area (Å²) in [6, 6.07) is 2.05. The van der Waals surface area contributed by atoms with Crippen LogP contribution in [0.1, 0.15) is 43.8 Å². The lowest BCUT2D eigenvalue weighted by Gasteiger charge is -2.24. The molecule has 2 saturated carbocycles. The molecule has 0 amide bonds. The Labute approximate surface area is 123 Å². The highest BCUT2D eigenvalue weighted by atomic mass is 79.9. The molecule has 2 fully saturated rings. The first-order valence-electron chi connectivity index (χ1n) is 6.26. The van der Waals surface area contributed by atoms with Gasteiger partial charge in [-0.2, -0.15) is 0 Å². The summed E-state index contributed by atoms with van der Waals surface area (Å²) in [6.45, 7) is 0. The SMILES string of the molecule is OC(CC1CC2CCC1C2)c1cc(Br)sc1Br. The van der Waals surface area contributed by atoms with Crippen molar-refractivity contribution in [3.8, 4) is 0 Å². The van der Waals surface area contributed by atoms with E-state index in [1.54, 1.807) is 11.3 Å². The molecule has 2 bridgehead atoms. The number of fused-ring (bicyclic) bond motifs is 2. The van der Waals surface area contributed by atoms with Crippen LogP contribution in [0.4, 0.5) is 0 Å². The van der Waals surface area contributed by atoms with E-state index >= 15 is 0 Å². The Hall–Kier alpha value is 0.620. The molecule has 0 aromatic carbocycles. The molecule has 17 heavy (non-hydrogen) atoms. The summed E-state index contributed by atoms with van der Waals surface area (Å²) in [5.41, 5.74) is 1.06. The van der Waals surface area contributed by atoms with Crippen molar-refractivity contribution in [1.29, 1.82) is 0 Å². The number of hydrogen-bond donors (Lipinski definition) is 1. The van der Waals surface area contributed by atoms with Gasteiger partial charge in [-0.3, -0.25) is 0 Å². The molecule has 0 spiro atoms. The van der Waals surface area contributed by atoms with E-state index in [2.05, 4.69) is 31.9 Å². The normalized spacial score (nSPS) is 33.2. The third-order valence-electron chi connectivity index (χ3n) is 4.45. The number of hydrogen-bond acceptors (Lipinski definition) is 2. The van der Waals surface area contributed by atoms with Crippen LogP contribution >= 0.6 is 43.2 Å². The molecule has 0 saturated heterocycles. The van der Waals surface area contributed by atoms with Crippen molar-refractivity contribution in [3.05, 3.63) is 19.2 Å². The second-order valence-electron chi connectivity index (χ2n) is 5.47. The Balaban J connectivity index is 1.67. The number of rotatable bonds is 3. The first-order chi connectivity index (χ1) is 8.13. The summed E-state index contributed by atoms with van der Waals surface area (Å²) >= 11 is 8.65. The van der Waals surface area contributed by atoms with Crippen LogP contribution in [-0.2, 0) is 0 Å². The zero-order chi connectivity index (χ0) is 12.0. The fraction of sp³-hybridized carbons (Fsp3) is 0.692. The summed E-state index contributed by atoms with van der Waals surface area (Å²) in [4.78, 5) is 0. The molecule has 0 radical (unpaired) electrons. The van der Waals surface area contributed by atoms with E-state index in [4.69, 9.17) is 0 Å². The van der Waals surface area contributed by atoms with E-state index in [0.29, 0.717) is 0 Å². The average molecular weight is 380 g/mol. The monoisotopic (exact) mass is 378 g/mol. The van der Waals surface area contributed by atoms with Crippen LogP contribution in [0.2, 0.25) is 0 Å². The highest BCUT2D eigenvalue weighted by Gasteiger charge is 2.40. The molecule has 4 atom stereocenters. The van der Waals surface area contributed by atoms with E-state index in [9.17, 15) is 5.11 Å². The van der Waals surface area contributed by atoms with Gasteiger partial charge in [0.05, 0.1) is 13.7 Å². The van der Waals surface area contributed by atoms with Gasteiger partial charge < -0.3 is 5.11 Å². The Bertz CT molecular complexity index is 418. The Morgan fingerprint density at radius 3 is 2.71 bits per heavy atom. The minimum Gasteiger partial charge on any atom is -0.388 e. The maximum Gasteiger partial charge on any atom is 0.0812 e. The van der Waals surface area contributed by atoms with Crippen molar-refractivity contribution in [3.63, 3.8) is 0 Å². The molecular weight excluding hydrogens is 364 g/mol. The van der Waals surface area contributed by atoms with Crippen LogP contribution in [-0.4, -0.2) is 5.11 Å². The predicted octanol–water partition coefficient (Wildman–Crippen LogP) is 5.13. The largest absolute Gasteiger partial charge is 0.388 e. The van der Waals surface area contributed by atoms with Crippen molar-refractivity contribution in [2.75, 3.05) is 0 Å². The first kappa shape index (κ1) is 12.6. The molecule has 4 unspecified atom stereocenters. The van der Waals surface area contributed by atoms with Gasteiger partial charge in [-0.25, -0.2) is 0 Å². The average Bonchev–Trinajstić information content (AvgIpc) is 2.93. The second-order valence-corrected chi connectivity index (χ2v) is 9.22. The lowest BCUT2D eigenvalue weighted by Crippen LogP contribution is -2.14. The van der Waals surface area contributed by atoms with Crippen LogP contribution in [0.5, 0.6) is 0 Å². The van der Waals surface area contributed by atoms with E-state index in [1.165, 1.54) is 25.7 Å². The smallest absolute Gasteiger partial charge is 0.0812 e. The van der Waals surface area contributed by atoms with Gasteiger partial charge in [0.2, 0.25) is 0 Å². The van der Waals surface area contributed by atoms with Crippen LogP contribution in [0.25, 0.3) is 0 Å². The van der Waals surface area contributed by atoms with Gasteiger partial charge in [0, 0.05) is 5.56 Å². The van der Waals surface area contributed by atoms with E-state index in [1.807, 2.05) is 6.07 Å². The summed E-state index contributed by atoms with van der Waals surface area (Å²) in [5, 5.41) is 10.4. The number of aliphatic hydroxyl groups is 1. The zero-order valence-electron chi connectivity index (χ0n) is 9.53. The van der Waals surface area contributed by atoms with Gasteiger partial charge in [-0.05, 0) is 81.4 Å². The third-order valence-corrected chi connectivity index (χ3v) is 6.84. The molecule has 94 valence electrons. The highest BCUT2D eigenvalue weighted by Crippen LogP contribution is 2.51.